The van der Waals surface area contributed by atoms with Gasteiger partial charge in [0.05, 0.1) is 10.8 Å². The molecule has 0 bridgehead atoms. The topological polar surface area (TPSA) is 30.0 Å². The summed E-state index contributed by atoms with van der Waals surface area (Å²) in [6, 6.07) is 11.9. The van der Waals surface area contributed by atoms with Crippen LogP contribution in [-0.2, 0) is 6.42 Å². The molecule has 1 aromatic carbocycles. The summed E-state index contributed by atoms with van der Waals surface area (Å²) < 4.78 is 0. The molecule has 0 atom stereocenters. The third kappa shape index (κ3) is 3.94. The van der Waals surface area contributed by atoms with Crippen LogP contribution >= 0.6 is 11.8 Å². The van der Waals surface area contributed by atoms with Crippen molar-refractivity contribution < 1.29 is 4.79 Å². The summed E-state index contributed by atoms with van der Waals surface area (Å²) in [6.07, 6.45) is 0.996. The van der Waals surface area contributed by atoms with E-state index in [-0.39, 0.29) is 5.78 Å². The molecule has 0 radical (unpaired) electrons. The van der Waals surface area contributed by atoms with Gasteiger partial charge in [-0.3, -0.25) is 4.79 Å². The molecule has 104 valence electrons. The van der Waals surface area contributed by atoms with Crippen LogP contribution in [0.3, 0.4) is 0 Å². The number of Topliss-reactive ketones (excluding diaryl/α,β-unsaturated/α-hetero) is 1. The van der Waals surface area contributed by atoms with Gasteiger partial charge in [0.1, 0.15) is 0 Å². The second-order valence-corrected chi connectivity index (χ2v) is 5.88. The van der Waals surface area contributed by atoms with Crippen LogP contribution in [0.5, 0.6) is 0 Å². The van der Waals surface area contributed by atoms with Gasteiger partial charge in [0.25, 0.3) is 0 Å². The van der Waals surface area contributed by atoms with Crippen molar-refractivity contribution in [1.82, 2.24) is 4.98 Å². The standard InChI is InChI=1S/C17H19NOS/c1-4-14-5-7-15(8-6-14)16(19)11-20-17-10-12(2)9-13(3)18-17/h5-10H,4,11H2,1-3H3. The van der Waals surface area contributed by atoms with Gasteiger partial charge in [0, 0.05) is 11.3 Å². The molecule has 2 nitrogen and oxygen atoms in total. The largest absolute Gasteiger partial charge is 0.293 e. The normalized spacial score (nSPS) is 10.6. The predicted molar refractivity (Wildman–Crippen MR) is 84.6 cm³/mol. The minimum atomic E-state index is 0.151. The lowest BCUT2D eigenvalue weighted by atomic mass is 10.1. The average molecular weight is 285 g/mol. The van der Waals surface area contributed by atoms with Gasteiger partial charge in [-0.2, -0.15) is 0 Å². The number of aromatic nitrogens is 1. The third-order valence-corrected chi connectivity index (χ3v) is 4.02. The number of carbonyl (C=O) groups excluding carboxylic acids is 1. The third-order valence-electron chi connectivity index (χ3n) is 3.11. The minimum absolute atomic E-state index is 0.151. The minimum Gasteiger partial charge on any atom is -0.293 e. The van der Waals surface area contributed by atoms with E-state index in [0.717, 1.165) is 22.7 Å². The van der Waals surface area contributed by atoms with E-state index in [1.807, 2.05) is 50.2 Å². The van der Waals surface area contributed by atoms with Gasteiger partial charge in [-0.05, 0) is 43.5 Å². The molecule has 0 N–H and O–H groups in total. The quantitative estimate of drug-likeness (QED) is 0.608. The zero-order valence-electron chi connectivity index (χ0n) is 12.1. The Balaban J connectivity index is 2.00. The van der Waals surface area contributed by atoms with Crippen LogP contribution in [0.25, 0.3) is 0 Å². The van der Waals surface area contributed by atoms with Crippen molar-refractivity contribution in [1.29, 1.82) is 0 Å². The molecule has 1 aromatic heterocycles. The molecule has 3 heteroatoms. The fourth-order valence-corrected chi connectivity index (χ4v) is 2.95. The van der Waals surface area contributed by atoms with Crippen LogP contribution in [0, 0.1) is 13.8 Å². The molecule has 0 fully saturated rings. The molecule has 2 rings (SSSR count). The van der Waals surface area contributed by atoms with Gasteiger partial charge < -0.3 is 0 Å². The number of thioether (sulfide) groups is 1. The lowest BCUT2D eigenvalue weighted by Crippen LogP contribution is -2.03. The Hall–Kier alpha value is -1.61. The molecule has 0 spiro atoms. The summed E-state index contributed by atoms with van der Waals surface area (Å²) in [5.74, 6) is 0.583. The molecular weight excluding hydrogens is 266 g/mol. The summed E-state index contributed by atoms with van der Waals surface area (Å²) in [5, 5.41) is 0.918. The van der Waals surface area contributed by atoms with Gasteiger partial charge >= 0.3 is 0 Å². The Kier molecular flexibility index (Phi) is 4.96. The highest BCUT2D eigenvalue weighted by Gasteiger charge is 2.07. The van der Waals surface area contributed by atoms with Gasteiger partial charge in [-0.1, -0.05) is 43.0 Å². The maximum atomic E-state index is 12.1. The van der Waals surface area contributed by atoms with E-state index in [1.165, 1.54) is 22.9 Å². The summed E-state index contributed by atoms with van der Waals surface area (Å²) in [6.45, 7) is 6.13. The fourth-order valence-electron chi connectivity index (χ4n) is 2.03. The number of carbonyl (C=O) groups is 1. The number of rotatable bonds is 5. The lowest BCUT2D eigenvalue weighted by molar-refractivity contribution is 0.102. The Morgan fingerprint density at radius 3 is 2.45 bits per heavy atom. The highest BCUT2D eigenvalue weighted by atomic mass is 32.2. The maximum Gasteiger partial charge on any atom is 0.173 e. The molecule has 0 aliphatic carbocycles. The number of pyridine rings is 1. The number of aryl methyl sites for hydroxylation is 3. The first-order valence-electron chi connectivity index (χ1n) is 6.78. The fraction of sp³-hybridized carbons (Fsp3) is 0.294. The van der Waals surface area contributed by atoms with Crippen molar-refractivity contribution in [3.05, 3.63) is 58.8 Å². The smallest absolute Gasteiger partial charge is 0.173 e. The zero-order chi connectivity index (χ0) is 14.5. The van der Waals surface area contributed by atoms with Gasteiger partial charge in [0.15, 0.2) is 5.78 Å². The molecule has 0 aliphatic heterocycles. The lowest BCUT2D eigenvalue weighted by Gasteiger charge is -2.04. The van der Waals surface area contributed by atoms with E-state index >= 15 is 0 Å². The number of hydrogen-bond acceptors (Lipinski definition) is 3. The van der Waals surface area contributed by atoms with Crippen molar-refractivity contribution in [2.45, 2.75) is 32.2 Å². The van der Waals surface area contributed by atoms with Crippen LogP contribution in [0.2, 0.25) is 0 Å². The first kappa shape index (κ1) is 14.8. The van der Waals surface area contributed by atoms with Crippen LogP contribution < -0.4 is 0 Å². The second kappa shape index (κ2) is 6.71. The monoisotopic (exact) mass is 285 g/mol. The average Bonchev–Trinajstić information content (AvgIpc) is 2.44. The SMILES string of the molecule is CCc1ccc(C(=O)CSc2cc(C)cc(C)n2)cc1. The summed E-state index contributed by atoms with van der Waals surface area (Å²) >= 11 is 1.50. The van der Waals surface area contributed by atoms with E-state index in [0.29, 0.717) is 5.75 Å². The number of ketones is 1. The van der Waals surface area contributed by atoms with E-state index in [4.69, 9.17) is 0 Å². The highest BCUT2D eigenvalue weighted by Crippen LogP contribution is 2.19. The Morgan fingerprint density at radius 2 is 1.85 bits per heavy atom. The summed E-state index contributed by atoms with van der Waals surface area (Å²) in [4.78, 5) is 16.6. The van der Waals surface area contributed by atoms with Crippen LogP contribution in [0.4, 0.5) is 0 Å². The van der Waals surface area contributed by atoms with Crippen LogP contribution in [0.15, 0.2) is 41.4 Å². The van der Waals surface area contributed by atoms with Crippen molar-refractivity contribution in [3.63, 3.8) is 0 Å². The van der Waals surface area contributed by atoms with E-state index in [2.05, 4.69) is 11.9 Å². The van der Waals surface area contributed by atoms with Crippen LogP contribution in [-0.4, -0.2) is 16.5 Å². The molecular formula is C17H19NOS. The molecule has 0 amide bonds. The van der Waals surface area contributed by atoms with E-state index < -0.39 is 0 Å². The Bertz CT molecular complexity index is 585. The first-order valence-corrected chi connectivity index (χ1v) is 7.77. The summed E-state index contributed by atoms with van der Waals surface area (Å²) in [5.41, 5.74) is 4.20. The zero-order valence-corrected chi connectivity index (χ0v) is 13.0. The van der Waals surface area contributed by atoms with Crippen LogP contribution in [0.1, 0.15) is 34.1 Å². The van der Waals surface area contributed by atoms with Gasteiger partial charge in [-0.15, -0.1) is 0 Å². The van der Waals surface area contributed by atoms with Crippen molar-refractivity contribution in [3.8, 4) is 0 Å². The maximum absolute atomic E-state index is 12.1. The van der Waals surface area contributed by atoms with Crippen molar-refractivity contribution in [2.24, 2.45) is 0 Å². The van der Waals surface area contributed by atoms with E-state index in [9.17, 15) is 4.79 Å². The molecule has 1 heterocycles. The van der Waals surface area contributed by atoms with Gasteiger partial charge in [-0.25, -0.2) is 4.98 Å². The predicted octanol–water partition coefficient (Wildman–Crippen LogP) is 4.24. The van der Waals surface area contributed by atoms with E-state index in [1.54, 1.807) is 0 Å². The number of nitrogens with zero attached hydrogens (tertiary/aromatic N) is 1. The number of benzene rings is 1. The Labute approximate surface area is 124 Å². The molecule has 0 unspecified atom stereocenters. The van der Waals surface area contributed by atoms with Gasteiger partial charge in [0.2, 0.25) is 0 Å². The highest BCUT2D eigenvalue weighted by molar-refractivity contribution is 7.99. The number of hydrogen-bond donors (Lipinski definition) is 0. The molecule has 0 aliphatic rings. The van der Waals surface area contributed by atoms with Crippen molar-refractivity contribution >= 4 is 17.5 Å². The molecule has 2 aromatic rings. The second-order valence-electron chi connectivity index (χ2n) is 4.89. The molecule has 20 heavy (non-hydrogen) atoms. The first-order chi connectivity index (χ1) is 9.58. The summed E-state index contributed by atoms with van der Waals surface area (Å²) in [7, 11) is 0. The molecule has 0 saturated carbocycles. The van der Waals surface area contributed by atoms with Crippen molar-refractivity contribution in [2.75, 3.05) is 5.75 Å². The molecule has 0 saturated heterocycles. The Morgan fingerprint density at radius 1 is 1.15 bits per heavy atom.